The van der Waals surface area contributed by atoms with Crippen LogP contribution in [-0.4, -0.2) is 21.3 Å². The van der Waals surface area contributed by atoms with E-state index in [1.807, 2.05) is 12.2 Å². The lowest BCUT2D eigenvalue weighted by Gasteiger charge is -2.06. The first kappa shape index (κ1) is 12.0. The number of nitrogens with zero attached hydrogens (tertiary/aromatic N) is 1. The van der Waals surface area contributed by atoms with Crippen molar-refractivity contribution in [3.63, 3.8) is 0 Å². The SMILES string of the molecule is NCCCCCn1c(O)c2c(c1O)CC=CC2. The Labute approximate surface area is 101 Å². The highest BCUT2D eigenvalue weighted by atomic mass is 16.3. The molecular formula is C13H20N2O2. The van der Waals surface area contributed by atoms with E-state index >= 15 is 0 Å². The van der Waals surface area contributed by atoms with Crippen LogP contribution in [0.3, 0.4) is 0 Å². The van der Waals surface area contributed by atoms with Crippen LogP contribution in [0.25, 0.3) is 0 Å². The van der Waals surface area contributed by atoms with Crippen molar-refractivity contribution in [2.75, 3.05) is 6.54 Å². The third-order valence-electron chi connectivity index (χ3n) is 3.31. The molecule has 0 atom stereocenters. The van der Waals surface area contributed by atoms with Crippen molar-refractivity contribution in [1.29, 1.82) is 0 Å². The van der Waals surface area contributed by atoms with Crippen LogP contribution in [0.4, 0.5) is 0 Å². The second kappa shape index (κ2) is 5.27. The molecule has 17 heavy (non-hydrogen) atoms. The lowest BCUT2D eigenvalue weighted by atomic mass is 10.0. The second-order valence-electron chi connectivity index (χ2n) is 4.48. The molecule has 1 aromatic heterocycles. The van der Waals surface area contributed by atoms with Crippen LogP contribution in [0.1, 0.15) is 30.4 Å². The van der Waals surface area contributed by atoms with Crippen molar-refractivity contribution in [1.82, 2.24) is 4.57 Å². The Kier molecular flexibility index (Phi) is 3.74. The number of aromatic hydroxyl groups is 2. The maximum Gasteiger partial charge on any atom is 0.197 e. The molecule has 0 radical (unpaired) electrons. The van der Waals surface area contributed by atoms with Crippen LogP contribution in [-0.2, 0) is 19.4 Å². The van der Waals surface area contributed by atoms with Gasteiger partial charge in [0.05, 0.1) is 0 Å². The predicted octanol–water partition coefficient (Wildman–Crippen LogP) is 1.68. The fourth-order valence-electron chi connectivity index (χ4n) is 2.33. The summed E-state index contributed by atoms with van der Waals surface area (Å²) in [6, 6.07) is 0. The van der Waals surface area contributed by atoms with E-state index in [-0.39, 0.29) is 11.8 Å². The zero-order valence-electron chi connectivity index (χ0n) is 10.0. The van der Waals surface area contributed by atoms with Crippen molar-refractivity contribution in [2.45, 2.75) is 38.6 Å². The minimum Gasteiger partial charge on any atom is -0.494 e. The van der Waals surface area contributed by atoms with E-state index < -0.39 is 0 Å². The molecule has 4 heteroatoms. The van der Waals surface area contributed by atoms with Crippen LogP contribution < -0.4 is 5.73 Å². The largest absolute Gasteiger partial charge is 0.494 e. The van der Waals surface area contributed by atoms with Crippen LogP contribution in [0, 0.1) is 0 Å². The summed E-state index contributed by atoms with van der Waals surface area (Å²) in [4.78, 5) is 0. The number of nitrogens with two attached hydrogens (primary N) is 1. The zero-order chi connectivity index (χ0) is 12.3. The molecule has 1 aliphatic carbocycles. The minimum atomic E-state index is 0.231. The molecule has 1 heterocycles. The Bertz CT molecular complexity index is 390. The fraction of sp³-hybridized carbons (Fsp3) is 0.538. The molecule has 4 N–H and O–H groups in total. The zero-order valence-corrected chi connectivity index (χ0v) is 10.0. The molecule has 0 fully saturated rings. The molecule has 0 aliphatic heterocycles. The highest BCUT2D eigenvalue weighted by Crippen LogP contribution is 2.36. The maximum absolute atomic E-state index is 10.1. The average Bonchev–Trinajstić information content (AvgIpc) is 2.60. The number of hydrogen-bond acceptors (Lipinski definition) is 3. The predicted molar refractivity (Wildman–Crippen MR) is 67.2 cm³/mol. The lowest BCUT2D eigenvalue weighted by Crippen LogP contribution is -2.01. The van der Waals surface area contributed by atoms with E-state index in [1.54, 1.807) is 4.57 Å². The Morgan fingerprint density at radius 3 is 2.12 bits per heavy atom. The summed E-state index contributed by atoms with van der Waals surface area (Å²) in [5.74, 6) is 0.462. The molecule has 2 rings (SSSR count). The van der Waals surface area contributed by atoms with Crippen molar-refractivity contribution < 1.29 is 10.2 Å². The molecule has 0 bridgehead atoms. The first-order chi connectivity index (χ1) is 8.25. The number of allylic oxidation sites excluding steroid dienone is 2. The lowest BCUT2D eigenvalue weighted by molar-refractivity contribution is 0.360. The third kappa shape index (κ3) is 2.31. The van der Waals surface area contributed by atoms with Gasteiger partial charge in [-0.05, 0) is 32.2 Å². The van der Waals surface area contributed by atoms with Gasteiger partial charge in [0.25, 0.3) is 0 Å². The van der Waals surface area contributed by atoms with E-state index in [0.717, 1.165) is 30.4 Å². The summed E-state index contributed by atoms with van der Waals surface area (Å²) >= 11 is 0. The first-order valence-corrected chi connectivity index (χ1v) is 6.23. The quantitative estimate of drug-likeness (QED) is 0.538. The molecule has 0 unspecified atom stereocenters. The van der Waals surface area contributed by atoms with Crippen LogP contribution in [0.15, 0.2) is 12.2 Å². The van der Waals surface area contributed by atoms with Gasteiger partial charge in [-0.3, -0.25) is 4.57 Å². The number of unbranched alkanes of at least 4 members (excludes halogenated alkanes) is 2. The van der Waals surface area contributed by atoms with Gasteiger partial charge in [-0.1, -0.05) is 18.6 Å². The van der Waals surface area contributed by atoms with E-state index in [2.05, 4.69) is 0 Å². The summed E-state index contributed by atoms with van der Waals surface area (Å²) in [6.07, 6.45) is 8.43. The molecule has 0 saturated carbocycles. The Hall–Kier alpha value is -1.42. The molecule has 94 valence electrons. The number of hydrogen-bond donors (Lipinski definition) is 3. The van der Waals surface area contributed by atoms with Gasteiger partial charge in [-0.2, -0.15) is 0 Å². The topological polar surface area (TPSA) is 71.4 Å². The van der Waals surface area contributed by atoms with Gasteiger partial charge in [-0.15, -0.1) is 0 Å². The first-order valence-electron chi connectivity index (χ1n) is 6.23. The van der Waals surface area contributed by atoms with Crippen LogP contribution >= 0.6 is 0 Å². The Balaban J connectivity index is 2.09. The van der Waals surface area contributed by atoms with Gasteiger partial charge < -0.3 is 15.9 Å². The highest BCUT2D eigenvalue weighted by Gasteiger charge is 2.21. The number of fused-ring (bicyclic) bond motifs is 1. The third-order valence-corrected chi connectivity index (χ3v) is 3.31. The molecule has 0 amide bonds. The molecule has 1 aliphatic rings. The van der Waals surface area contributed by atoms with E-state index in [0.29, 0.717) is 25.9 Å². The summed E-state index contributed by atoms with van der Waals surface area (Å²) in [6.45, 7) is 1.36. The number of rotatable bonds is 5. The number of aromatic nitrogens is 1. The van der Waals surface area contributed by atoms with Crippen molar-refractivity contribution in [3.8, 4) is 11.8 Å². The smallest absolute Gasteiger partial charge is 0.197 e. The van der Waals surface area contributed by atoms with Gasteiger partial charge >= 0.3 is 0 Å². The van der Waals surface area contributed by atoms with Gasteiger partial charge in [0.1, 0.15) is 0 Å². The summed E-state index contributed by atoms with van der Waals surface area (Å²) in [5.41, 5.74) is 7.19. The van der Waals surface area contributed by atoms with Crippen LogP contribution in [0.2, 0.25) is 0 Å². The highest BCUT2D eigenvalue weighted by molar-refractivity contribution is 5.49. The monoisotopic (exact) mass is 236 g/mol. The Morgan fingerprint density at radius 1 is 1.00 bits per heavy atom. The molecule has 0 aromatic carbocycles. The van der Waals surface area contributed by atoms with Gasteiger partial charge in [-0.25, -0.2) is 0 Å². The van der Waals surface area contributed by atoms with Crippen molar-refractivity contribution >= 4 is 0 Å². The molecule has 1 aromatic rings. The van der Waals surface area contributed by atoms with Gasteiger partial charge in [0, 0.05) is 17.7 Å². The van der Waals surface area contributed by atoms with Crippen molar-refractivity contribution in [2.24, 2.45) is 5.73 Å². The van der Waals surface area contributed by atoms with E-state index in [9.17, 15) is 10.2 Å². The van der Waals surface area contributed by atoms with Gasteiger partial charge in [0.2, 0.25) is 0 Å². The average molecular weight is 236 g/mol. The summed E-state index contributed by atoms with van der Waals surface area (Å²) in [7, 11) is 0. The van der Waals surface area contributed by atoms with E-state index in [4.69, 9.17) is 5.73 Å². The minimum absolute atomic E-state index is 0.231. The fourth-order valence-corrected chi connectivity index (χ4v) is 2.33. The van der Waals surface area contributed by atoms with Crippen LogP contribution in [0.5, 0.6) is 11.8 Å². The molecular weight excluding hydrogens is 216 g/mol. The molecule has 0 saturated heterocycles. The van der Waals surface area contributed by atoms with Crippen molar-refractivity contribution in [3.05, 3.63) is 23.3 Å². The summed E-state index contributed by atoms with van der Waals surface area (Å²) < 4.78 is 1.62. The standard InChI is InChI=1S/C13H20N2O2/c14-8-4-1-5-9-15-12(16)10-6-2-3-7-11(10)13(15)17/h2-3,16-17H,1,4-9,14H2. The summed E-state index contributed by atoms with van der Waals surface area (Å²) in [5, 5.41) is 20.1. The Morgan fingerprint density at radius 2 is 1.59 bits per heavy atom. The molecule has 0 spiro atoms. The molecule has 4 nitrogen and oxygen atoms in total. The second-order valence-corrected chi connectivity index (χ2v) is 4.48. The van der Waals surface area contributed by atoms with Gasteiger partial charge in [0.15, 0.2) is 11.8 Å². The maximum atomic E-state index is 10.1. The van der Waals surface area contributed by atoms with E-state index in [1.165, 1.54) is 0 Å². The normalized spacial score (nSPS) is 13.9.